The van der Waals surface area contributed by atoms with Crippen LogP contribution in [0.15, 0.2) is 49.1 Å². The number of pyridine rings is 1. The topological polar surface area (TPSA) is 59.8 Å². The minimum absolute atomic E-state index is 0.00172. The highest BCUT2D eigenvalue weighted by Crippen LogP contribution is 2.62. The summed E-state index contributed by atoms with van der Waals surface area (Å²) in [5.74, 6) is 1.98. The lowest BCUT2D eigenvalue weighted by Gasteiger charge is -2.22. The van der Waals surface area contributed by atoms with E-state index in [2.05, 4.69) is 26.8 Å². The fraction of sp³-hybridized carbons (Fsp3) is 0.409. The Kier molecular flexibility index (Phi) is 4.35. The smallest absolute Gasteiger partial charge is 0.251 e. The van der Waals surface area contributed by atoms with E-state index < -0.39 is 0 Å². The SMILES string of the molecule is CCC(NC(=O)c1ccc(Cl)cc1)[C@H]1C2C[C@@H](n3cnc4cnccc43)C[C@@H]21. The second-order valence-corrected chi connectivity index (χ2v) is 8.48. The molecule has 1 aromatic carbocycles. The third kappa shape index (κ3) is 2.98. The highest BCUT2D eigenvalue weighted by Gasteiger charge is 2.59. The summed E-state index contributed by atoms with van der Waals surface area (Å²) in [4.78, 5) is 21.2. The summed E-state index contributed by atoms with van der Waals surface area (Å²) >= 11 is 5.93. The van der Waals surface area contributed by atoms with Gasteiger partial charge in [0, 0.05) is 28.9 Å². The number of nitrogens with one attached hydrogen (secondary N) is 1. The highest BCUT2D eigenvalue weighted by atomic mass is 35.5. The van der Waals surface area contributed by atoms with Crippen molar-refractivity contribution in [1.29, 1.82) is 0 Å². The zero-order valence-electron chi connectivity index (χ0n) is 15.8. The van der Waals surface area contributed by atoms with E-state index in [1.54, 1.807) is 24.3 Å². The Balaban J connectivity index is 1.24. The van der Waals surface area contributed by atoms with Gasteiger partial charge in [0.05, 0.1) is 18.0 Å². The van der Waals surface area contributed by atoms with Gasteiger partial charge in [0.15, 0.2) is 0 Å². The molecule has 144 valence electrons. The van der Waals surface area contributed by atoms with Gasteiger partial charge in [0.2, 0.25) is 0 Å². The van der Waals surface area contributed by atoms with E-state index in [4.69, 9.17) is 11.6 Å². The van der Waals surface area contributed by atoms with Gasteiger partial charge >= 0.3 is 0 Å². The van der Waals surface area contributed by atoms with Crippen LogP contribution in [0.1, 0.15) is 42.6 Å². The average molecular weight is 395 g/mol. The van der Waals surface area contributed by atoms with E-state index in [1.807, 2.05) is 24.8 Å². The molecule has 2 fully saturated rings. The van der Waals surface area contributed by atoms with Crippen molar-refractivity contribution < 1.29 is 4.79 Å². The minimum atomic E-state index is -0.00172. The lowest BCUT2D eigenvalue weighted by atomic mass is 9.99. The van der Waals surface area contributed by atoms with Gasteiger partial charge in [0.1, 0.15) is 5.52 Å². The summed E-state index contributed by atoms with van der Waals surface area (Å²) < 4.78 is 2.31. The number of rotatable bonds is 5. The Morgan fingerprint density at radius 3 is 2.71 bits per heavy atom. The zero-order chi connectivity index (χ0) is 19.3. The van der Waals surface area contributed by atoms with Gasteiger partial charge in [-0.1, -0.05) is 18.5 Å². The van der Waals surface area contributed by atoms with Crippen LogP contribution in [0.3, 0.4) is 0 Å². The number of fused-ring (bicyclic) bond motifs is 2. The Hall–Kier alpha value is -2.40. The van der Waals surface area contributed by atoms with Crippen LogP contribution in [-0.2, 0) is 0 Å². The molecule has 5 rings (SSSR count). The third-order valence-electron chi connectivity index (χ3n) is 6.58. The summed E-state index contributed by atoms with van der Waals surface area (Å²) in [6.45, 7) is 2.16. The summed E-state index contributed by atoms with van der Waals surface area (Å²) in [5.41, 5.74) is 2.80. The van der Waals surface area contributed by atoms with Crippen LogP contribution >= 0.6 is 11.6 Å². The fourth-order valence-corrected chi connectivity index (χ4v) is 5.31. The highest BCUT2D eigenvalue weighted by molar-refractivity contribution is 6.30. The van der Waals surface area contributed by atoms with Crippen molar-refractivity contribution >= 4 is 28.5 Å². The van der Waals surface area contributed by atoms with Crippen LogP contribution in [-0.4, -0.2) is 26.5 Å². The molecule has 5 nitrogen and oxygen atoms in total. The Bertz CT molecular complexity index is 1000. The standard InChI is InChI=1S/C22H23ClN4O/c1-2-18(26-22(28)13-3-5-14(23)6-4-13)21-16-9-15(10-17(16)21)27-12-25-19-11-24-8-7-20(19)27/h3-8,11-12,15-18,21H,2,9-10H2,1H3,(H,26,28)/t15-,16-,17?,18?,21+/m0/s1. The van der Waals surface area contributed by atoms with Gasteiger partial charge < -0.3 is 9.88 Å². The molecule has 2 unspecified atom stereocenters. The van der Waals surface area contributed by atoms with Crippen molar-refractivity contribution in [2.75, 3.05) is 0 Å². The molecule has 0 bridgehead atoms. The molecule has 0 spiro atoms. The van der Waals surface area contributed by atoms with E-state index in [-0.39, 0.29) is 11.9 Å². The van der Waals surface area contributed by atoms with Gasteiger partial charge in [-0.05, 0) is 67.3 Å². The predicted molar refractivity (Wildman–Crippen MR) is 109 cm³/mol. The molecule has 2 saturated carbocycles. The number of nitrogens with zero attached hydrogens (tertiary/aromatic N) is 3. The van der Waals surface area contributed by atoms with Crippen LogP contribution in [0.5, 0.6) is 0 Å². The molecule has 2 aromatic heterocycles. The lowest BCUT2D eigenvalue weighted by Crippen LogP contribution is -2.37. The van der Waals surface area contributed by atoms with Gasteiger partial charge in [-0.25, -0.2) is 4.98 Å². The number of imidazole rings is 1. The second-order valence-electron chi connectivity index (χ2n) is 8.04. The van der Waals surface area contributed by atoms with Crippen molar-refractivity contribution in [2.24, 2.45) is 17.8 Å². The van der Waals surface area contributed by atoms with Crippen molar-refractivity contribution in [2.45, 2.75) is 38.3 Å². The summed E-state index contributed by atoms with van der Waals surface area (Å²) in [7, 11) is 0. The molecule has 2 aliphatic carbocycles. The molecule has 28 heavy (non-hydrogen) atoms. The number of halogens is 1. The van der Waals surface area contributed by atoms with E-state index in [0.29, 0.717) is 34.4 Å². The number of carbonyl (C=O) groups excluding carboxylic acids is 1. The molecular formula is C22H23ClN4O. The number of carbonyl (C=O) groups is 1. The first-order chi connectivity index (χ1) is 13.7. The molecule has 2 heterocycles. The number of amides is 1. The molecule has 5 atom stereocenters. The number of benzene rings is 1. The van der Waals surface area contributed by atoms with Gasteiger partial charge in [-0.3, -0.25) is 9.78 Å². The van der Waals surface area contributed by atoms with Crippen molar-refractivity contribution in [3.8, 4) is 0 Å². The Morgan fingerprint density at radius 2 is 2.00 bits per heavy atom. The van der Waals surface area contributed by atoms with Gasteiger partial charge in [-0.15, -0.1) is 0 Å². The molecular weight excluding hydrogens is 372 g/mol. The quantitative estimate of drug-likeness (QED) is 0.693. The first-order valence-electron chi connectivity index (χ1n) is 9.98. The normalized spacial score (nSPS) is 26.8. The molecule has 1 amide bonds. The zero-order valence-corrected chi connectivity index (χ0v) is 16.5. The van der Waals surface area contributed by atoms with E-state index in [9.17, 15) is 4.79 Å². The Labute approximate surface area is 169 Å². The van der Waals surface area contributed by atoms with Gasteiger partial charge in [0.25, 0.3) is 5.91 Å². The van der Waals surface area contributed by atoms with E-state index in [0.717, 1.165) is 24.8 Å². The minimum Gasteiger partial charge on any atom is -0.349 e. The Morgan fingerprint density at radius 1 is 1.25 bits per heavy atom. The number of hydrogen-bond donors (Lipinski definition) is 1. The van der Waals surface area contributed by atoms with E-state index in [1.165, 1.54) is 5.52 Å². The van der Waals surface area contributed by atoms with Crippen molar-refractivity contribution in [3.05, 3.63) is 59.6 Å². The molecule has 6 heteroatoms. The predicted octanol–water partition coefficient (Wildman–Crippen LogP) is 4.49. The van der Waals surface area contributed by atoms with Crippen LogP contribution in [0, 0.1) is 17.8 Å². The lowest BCUT2D eigenvalue weighted by molar-refractivity contribution is 0.0927. The average Bonchev–Trinajstić information content (AvgIpc) is 3.07. The molecule has 0 saturated heterocycles. The monoisotopic (exact) mass is 394 g/mol. The molecule has 0 aliphatic heterocycles. The van der Waals surface area contributed by atoms with Crippen molar-refractivity contribution in [3.63, 3.8) is 0 Å². The van der Waals surface area contributed by atoms with Crippen LogP contribution in [0.4, 0.5) is 0 Å². The van der Waals surface area contributed by atoms with Crippen LogP contribution in [0.25, 0.3) is 11.0 Å². The van der Waals surface area contributed by atoms with Crippen LogP contribution in [0.2, 0.25) is 5.02 Å². The first-order valence-corrected chi connectivity index (χ1v) is 10.4. The molecule has 2 aliphatic rings. The number of hydrogen-bond acceptors (Lipinski definition) is 3. The maximum Gasteiger partial charge on any atom is 0.251 e. The summed E-state index contributed by atoms with van der Waals surface area (Å²) in [6, 6.07) is 9.88. The molecule has 3 aromatic rings. The number of aromatic nitrogens is 3. The molecule has 0 radical (unpaired) electrons. The summed E-state index contributed by atoms with van der Waals surface area (Å²) in [5, 5.41) is 3.91. The van der Waals surface area contributed by atoms with E-state index >= 15 is 0 Å². The van der Waals surface area contributed by atoms with Crippen LogP contribution < -0.4 is 5.32 Å². The first kappa shape index (κ1) is 17.7. The maximum atomic E-state index is 12.6. The van der Waals surface area contributed by atoms with Gasteiger partial charge in [-0.2, -0.15) is 0 Å². The fourth-order valence-electron chi connectivity index (χ4n) is 5.18. The summed E-state index contributed by atoms with van der Waals surface area (Å²) in [6.07, 6.45) is 8.90. The second kappa shape index (κ2) is 6.89. The maximum absolute atomic E-state index is 12.6. The molecule has 1 N–H and O–H groups in total. The largest absolute Gasteiger partial charge is 0.349 e. The van der Waals surface area contributed by atoms with Crippen molar-refractivity contribution in [1.82, 2.24) is 19.9 Å². The third-order valence-corrected chi connectivity index (χ3v) is 6.84.